The third kappa shape index (κ3) is 4.09. The first-order valence-corrected chi connectivity index (χ1v) is 9.12. The predicted molar refractivity (Wildman–Crippen MR) is 101 cm³/mol. The van der Waals surface area contributed by atoms with E-state index in [1.165, 1.54) is 13.2 Å². The van der Waals surface area contributed by atoms with E-state index >= 15 is 0 Å². The van der Waals surface area contributed by atoms with Crippen molar-refractivity contribution in [2.45, 2.75) is 20.0 Å². The molecule has 0 saturated heterocycles. The Morgan fingerprint density at radius 1 is 1.22 bits per heavy atom. The summed E-state index contributed by atoms with van der Waals surface area (Å²) < 4.78 is 24.8. The third-order valence-electron chi connectivity index (χ3n) is 3.98. The van der Waals surface area contributed by atoms with Gasteiger partial charge in [0, 0.05) is 11.1 Å². The molecule has 27 heavy (non-hydrogen) atoms. The number of ether oxygens (including phenoxy) is 2. The summed E-state index contributed by atoms with van der Waals surface area (Å²) in [6.45, 7) is 1.94. The Hall–Kier alpha value is -2.93. The van der Waals surface area contributed by atoms with Crippen LogP contribution in [0.1, 0.15) is 27.9 Å². The topological polar surface area (TPSA) is 68.7 Å². The monoisotopic (exact) mass is 387 g/mol. The number of carbonyl (C=O) groups is 1. The zero-order chi connectivity index (χ0) is 19.4. The van der Waals surface area contributed by atoms with Gasteiger partial charge in [-0.3, -0.25) is 0 Å². The van der Waals surface area contributed by atoms with Crippen molar-refractivity contribution in [1.82, 2.24) is 4.98 Å². The van der Waals surface area contributed by atoms with Crippen LogP contribution in [0.2, 0.25) is 0 Å². The van der Waals surface area contributed by atoms with Crippen LogP contribution in [0.15, 0.2) is 42.5 Å². The molecule has 1 N–H and O–H groups in total. The standard InChI is InChI=1S/C20H18FNO4S/c1-3-15-18(20(23)24)27-19(22-15)12-8-9-16(17(10-12)25-2)26-11-13-6-4-5-7-14(13)21/h4-10H,3,11H2,1-2H3,(H,23,24). The highest BCUT2D eigenvalue weighted by molar-refractivity contribution is 7.17. The first-order valence-electron chi connectivity index (χ1n) is 8.31. The maximum Gasteiger partial charge on any atom is 0.347 e. The largest absolute Gasteiger partial charge is 0.493 e. The molecule has 0 amide bonds. The number of aryl methyl sites for hydroxylation is 1. The lowest BCUT2D eigenvalue weighted by molar-refractivity contribution is 0.0701. The van der Waals surface area contributed by atoms with Gasteiger partial charge in [0.1, 0.15) is 22.3 Å². The van der Waals surface area contributed by atoms with Crippen molar-refractivity contribution >= 4 is 17.3 Å². The van der Waals surface area contributed by atoms with Crippen molar-refractivity contribution in [3.05, 3.63) is 64.4 Å². The second-order valence-electron chi connectivity index (χ2n) is 5.70. The number of rotatable bonds is 7. The number of carboxylic acid groups (broad SMARTS) is 1. The molecule has 5 nitrogen and oxygen atoms in total. The number of benzene rings is 2. The van der Waals surface area contributed by atoms with Crippen molar-refractivity contribution in [2.24, 2.45) is 0 Å². The van der Waals surface area contributed by atoms with Crippen molar-refractivity contribution in [3.8, 4) is 22.1 Å². The summed E-state index contributed by atoms with van der Waals surface area (Å²) in [5, 5.41) is 9.90. The van der Waals surface area contributed by atoms with Gasteiger partial charge in [0.2, 0.25) is 0 Å². The number of thiazole rings is 1. The number of aromatic carboxylic acids is 1. The predicted octanol–water partition coefficient (Wildman–Crippen LogP) is 4.80. The first-order chi connectivity index (χ1) is 13.0. The summed E-state index contributed by atoms with van der Waals surface area (Å²) in [5.74, 6) is -0.374. The minimum absolute atomic E-state index is 0.0722. The van der Waals surface area contributed by atoms with Crippen LogP contribution in [-0.4, -0.2) is 23.2 Å². The van der Waals surface area contributed by atoms with Crippen LogP contribution in [0, 0.1) is 5.82 Å². The van der Waals surface area contributed by atoms with E-state index in [2.05, 4.69) is 4.98 Å². The number of methoxy groups -OCH3 is 1. The molecule has 140 valence electrons. The Balaban J connectivity index is 1.86. The number of nitrogens with zero attached hydrogens (tertiary/aromatic N) is 1. The molecule has 0 radical (unpaired) electrons. The Bertz CT molecular complexity index is 970. The average Bonchev–Trinajstić information content (AvgIpc) is 3.12. The molecule has 2 aromatic carbocycles. The molecule has 0 bridgehead atoms. The van der Waals surface area contributed by atoms with Crippen LogP contribution in [0.5, 0.6) is 11.5 Å². The van der Waals surface area contributed by atoms with Gasteiger partial charge in [-0.1, -0.05) is 25.1 Å². The van der Waals surface area contributed by atoms with Crippen molar-refractivity contribution in [2.75, 3.05) is 7.11 Å². The van der Waals surface area contributed by atoms with E-state index in [1.807, 2.05) is 6.92 Å². The zero-order valence-corrected chi connectivity index (χ0v) is 15.7. The van der Waals surface area contributed by atoms with Crippen LogP contribution in [0.3, 0.4) is 0 Å². The second kappa shape index (κ2) is 8.18. The highest BCUT2D eigenvalue weighted by atomic mass is 32.1. The molecule has 0 aliphatic rings. The average molecular weight is 387 g/mol. The molecule has 0 spiro atoms. The summed E-state index contributed by atoms with van der Waals surface area (Å²) in [6.07, 6.45) is 0.541. The molecule has 3 rings (SSSR count). The van der Waals surface area contributed by atoms with Gasteiger partial charge in [0.25, 0.3) is 0 Å². The molecule has 1 heterocycles. The number of hydrogen-bond acceptors (Lipinski definition) is 5. The van der Waals surface area contributed by atoms with Crippen LogP contribution in [-0.2, 0) is 13.0 Å². The molecule has 0 unspecified atom stereocenters. The fraction of sp³-hybridized carbons (Fsp3) is 0.200. The van der Waals surface area contributed by atoms with Crippen LogP contribution in [0.4, 0.5) is 4.39 Å². The number of halogens is 1. The van der Waals surface area contributed by atoms with E-state index < -0.39 is 5.97 Å². The second-order valence-corrected chi connectivity index (χ2v) is 6.70. The van der Waals surface area contributed by atoms with E-state index in [0.717, 1.165) is 16.9 Å². The van der Waals surface area contributed by atoms with Crippen molar-refractivity contribution in [3.63, 3.8) is 0 Å². The van der Waals surface area contributed by atoms with Gasteiger partial charge >= 0.3 is 5.97 Å². The van der Waals surface area contributed by atoms with E-state index in [-0.39, 0.29) is 17.3 Å². The van der Waals surface area contributed by atoms with Gasteiger partial charge in [-0.25, -0.2) is 14.2 Å². The summed E-state index contributed by atoms with van der Waals surface area (Å²) in [5.41, 5.74) is 1.74. The minimum atomic E-state index is -0.979. The number of hydrogen-bond donors (Lipinski definition) is 1. The quantitative estimate of drug-likeness (QED) is 0.631. The lowest BCUT2D eigenvalue weighted by atomic mass is 10.2. The molecule has 0 aliphatic carbocycles. The van der Waals surface area contributed by atoms with E-state index in [1.54, 1.807) is 36.4 Å². The fourth-order valence-corrected chi connectivity index (χ4v) is 3.56. The van der Waals surface area contributed by atoms with E-state index in [9.17, 15) is 14.3 Å². The smallest absolute Gasteiger partial charge is 0.347 e. The summed E-state index contributed by atoms with van der Waals surface area (Å²) in [6, 6.07) is 11.6. The SMILES string of the molecule is CCc1nc(-c2ccc(OCc3ccccc3F)c(OC)c2)sc1C(=O)O. The minimum Gasteiger partial charge on any atom is -0.493 e. The van der Waals surface area contributed by atoms with Gasteiger partial charge in [-0.15, -0.1) is 11.3 Å². The molecular formula is C20H18FNO4S. The first kappa shape index (κ1) is 18.8. The Kier molecular flexibility index (Phi) is 5.71. The highest BCUT2D eigenvalue weighted by Crippen LogP contribution is 2.35. The third-order valence-corrected chi connectivity index (χ3v) is 5.11. The number of aromatic nitrogens is 1. The van der Waals surface area contributed by atoms with Gasteiger partial charge in [0.15, 0.2) is 11.5 Å². The van der Waals surface area contributed by atoms with Gasteiger partial charge in [0.05, 0.1) is 12.8 Å². The van der Waals surface area contributed by atoms with Crippen LogP contribution < -0.4 is 9.47 Å². The fourth-order valence-electron chi connectivity index (χ4n) is 2.57. The van der Waals surface area contributed by atoms with Crippen molar-refractivity contribution in [1.29, 1.82) is 0 Å². The molecule has 0 saturated carbocycles. The summed E-state index contributed by atoms with van der Waals surface area (Å²) in [4.78, 5) is 16.0. The molecule has 1 aromatic heterocycles. The Morgan fingerprint density at radius 2 is 2.00 bits per heavy atom. The molecular weight excluding hydrogens is 369 g/mol. The maximum absolute atomic E-state index is 13.7. The van der Waals surface area contributed by atoms with Crippen molar-refractivity contribution < 1.29 is 23.8 Å². The normalized spacial score (nSPS) is 10.6. The van der Waals surface area contributed by atoms with Crippen LogP contribution in [0.25, 0.3) is 10.6 Å². The maximum atomic E-state index is 13.7. The molecule has 0 fully saturated rings. The summed E-state index contributed by atoms with van der Waals surface area (Å²) >= 11 is 1.13. The number of carboxylic acids is 1. The van der Waals surface area contributed by atoms with Gasteiger partial charge < -0.3 is 14.6 Å². The molecule has 7 heteroatoms. The van der Waals surface area contributed by atoms with Gasteiger partial charge in [-0.05, 0) is 30.7 Å². The van der Waals surface area contributed by atoms with E-state index in [0.29, 0.717) is 34.2 Å². The van der Waals surface area contributed by atoms with Gasteiger partial charge in [-0.2, -0.15) is 0 Å². The van der Waals surface area contributed by atoms with E-state index in [4.69, 9.17) is 9.47 Å². The Labute approximate surface area is 160 Å². The summed E-state index contributed by atoms with van der Waals surface area (Å²) in [7, 11) is 1.51. The highest BCUT2D eigenvalue weighted by Gasteiger charge is 2.18. The molecule has 3 aromatic rings. The lowest BCUT2D eigenvalue weighted by Gasteiger charge is -2.12. The lowest BCUT2D eigenvalue weighted by Crippen LogP contribution is -2.00. The zero-order valence-electron chi connectivity index (χ0n) is 14.9. The van der Waals surface area contributed by atoms with Crippen LogP contribution >= 0.6 is 11.3 Å². The molecule has 0 atom stereocenters. The molecule has 0 aliphatic heterocycles. The Morgan fingerprint density at radius 3 is 2.63 bits per heavy atom.